The summed E-state index contributed by atoms with van der Waals surface area (Å²) in [5, 5.41) is 7.12. The van der Waals surface area contributed by atoms with E-state index in [4.69, 9.17) is 9.47 Å². The van der Waals surface area contributed by atoms with Gasteiger partial charge in [-0.3, -0.25) is 14.4 Å². The molecule has 2 amide bonds. The fraction of sp³-hybridized carbons (Fsp3) is 0.273. The molecule has 0 radical (unpaired) electrons. The molecule has 7 rings (SSSR count). The summed E-state index contributed by atoms with van der Waals surface area (Å²) in [6.45, 7) is 2.78. The molecular weight excluding hydrogens is 551 g/mol. The largest absolute Gasteiger partial charge is 0.494 e. The number of nitrogens with zero attached hydrogens (tertiary/aromatic N) is 3. The molecule has 0 fully saturated rings. The van der Waals surface area contributed by atoms with Crippen molar-refractivity contribution in [3.8, 4) is 17.2 Å². The van der Waals surface area contributed by atoms with Crippen LogP contribution in [0.25, 0.3) is 0 Å². The lowest BCUT2D eigenvalue weighted by atomic mass is 9.87. The van der Waals surface area contributed by atoms with E-state index in [1.165, 1.54) is 16.8 Å². The molecule has 1 aromatic heterocycles. The Balaban J connectivity index is 1.39. The van der Waals surface area contributed by atoms with E-state index in [1.54, 1.807) is 36.1 Å². The maximum absolute atomic E-state index is 14.7. The number of hydrogen-bond donors (Lipinski definition) is 1. The minimum atomic E-state index is -0.531. The van der Waals surface area contributed by atoms with Crippen LogP contribution in [0.1, 0.15) is 40.4 Å². The van der Waals surface area contributed by atoms with Crippen molar-refractivity contribution in [1.82, 2.24) is 20.0 Å². The second-order valence-electron chi connectivity index (χ2n) is 10.7. The third-order valence-electron chi connectivity index (χ3n) is 7.62. The topological polar surface area (TPSA) is 103 Å². The molecule has 8 bridgehead atoms. The zero-order valence-corrected chi connectivity index (χ0v) is 23.7. The van der Waals surface area contributed by atoms with Gasteiger partial charge in [-0.2, -0.15) is 5.10 Å². The maximum Gasteiger partial charge on any atom is 0.267 e. The molecule has 4 heterocycles. The van der Waals surface area contributed by atoms with Gasteiger partial charge >= 0.3 is 0 Å². The summed E-state index contributed by atoms with van der Waals surface area (Å²) in [7, 11) is 0. The number of rotatable bonds is 2. The predicted octanol–water partition coefficient (Wildman–Crippen LogP) is 4.10. The van der Waals surface area contributed by atoms with Gasteiger partial charge in [0, 0.05) is 19.2 Å². The zero-order valence-electron chi connectivity index (χ0n) is 23.7. The van der Waals surface area contributed by atoms with Crippen LogP contribution in [0.5, 0.6) is 17.2 Å². The monoisotopic (exact) mass is 582 g/mol. The molecule has 220 valence electrons. The van der Waals surface area contributed by atoms with Crippen LogP contribution in [-0.2, 0) is 29.0 Å². The van der Waals surface area contributed by atoms with E-state index in [1.807, 2.05) is 36.4 Å². The van der Waals surface area contributed by atoms with E-state index in [2.05, 4.69) is 10.4 Å². The Morgan fingerprint density at radius 1 is 1.05 bits per heavy atom. The number of aromatic nitrogens is 2. The number of hydrogen-bond acceptors (Lipinski definition) is 6. The highest BCUT2D eigenvalue weighted by molar-refractivity contribution is 5.79. The van der Waals surface area contributed by atoms with Crippen molar-refractivity contribution < 1.29 is 23.5 Å². The molecule has 3 aromatic carbocycles. The number of nitrogens with one attached hydrogen (secondary N) is 1. The van der Waals surface area contributed by atoms with Crippen LogP contribution in [0.2, 0.25) is 0 Å². The van der Waals surface area contributed by atoms with Gasteiger partial charge in [-0.15, -0.1) is 0 Å². The summed E-state index contributed by atoms with van der Waals surface area (Å²) in [6, 6.07) is 20.1. The lowest BCUT2D eigenvalue weighted by Gasteiger charge is -2.38. The number of ether oxygens (including phenoxy) is 2. The van der Waals surface area contributed by atoms with Crippen LogP contribution in [-0.4, -0.2) is 46.2 Å². The van der Waals surface area contributed by atoms with Crippen LogP contribution < -0.4 is 20.3 Å². The minimum Gasteiger partial charge on any atom is -0.494 e. The quantitative estimate of drug-likeness (QED) is 0.382. The number of amides is 2. The van der Waals surface area contributed by atoms with Gasteiger partial charge in [0.2, 0.25) is 11.8 Å². The number of fused-ring (bicyclic) bond motifs is 7. The first-order valence-electron chi connectivity index (χ1n) is 14.3. The van der Waals surface area contributed by atoms with Crippen molar-refractivity contribution in [2.24, 2.45) is 0 Å². The average Bonchev–Trinajstić information content (AvgIpc) is 2.99. The Hall–Kier alpha value is -4.99. The van der Waals surface area contributed by atoms with Crippen LogP contribution >= 0.6 is 0 Å². The van der Waals surface area contributed by atoms with E-state index >= 15 is 0 Å². The van der Waals surface area contributed by atoms with Crippen molar-refractivity contribution in [2.45, 2.75) is 38.8 Å². The Bertz CT molecular complexity index is 1750. The molecule has 9 nitrogen and oxygen atoms in total. The Morgan fingerprint density at radius 2 is 1.93 bits per heavy atom. The molecule has 1 atom stereocenters. The molecule has 1 N–H and O–H groups in total. The molecule has 10 heteroatoms. The maximum atomic E-state index is 14.7. The molecule has 4 aromatic rings. The van der Waals surface area contributed by atoms with Gasteiger partial charge in [0.05, 0.1) is 24.8 Å². The number of carbonyl (C=O) groups excluding carboxylic acids is 2. The van der Waals surface area contributed by atoms with Gasteiger partial charge in [-0.05, 0) is 84.5 Å². The zero-order chi connectivity index (χ0) is 29.9. The SMILES string of the molecule is Cc1ccc(=O)n(CC(=O)N2CCc3cc4ccc3C2c2cccc(c2)OCCCNC(=O)Cc2ccc(F)c(c2)O4)n1. The van der Waals surface area contributed by atoms with E-state index in [0.717, 1.165) is 16.7 Å². The second kappa shape index (κ2) is 12.1. The number of aryl methyl sites for hydroxylation is 1. The van der Waals surface area contributed by atoms with E-state index in [0.29, 0.717) is 55.3 Å². The summed E-state index contributed by atoms with van der Waals surface area (Å²) in [5.41, 5.74) is 3.63. The molecule has 0 aliphatic carbocycles. The van der Waals surface area contributed by atoms with Crippen LogP contribution in [0.3, 0.4) is 0 Å². The number of carbonyl (C=O) groups is 2. The molecule has 0 saturated heterocycles. The van der Waals surface area contributed by atoms with Crippen LogP contribution in [0.4, 0.5) is 4.39 Å². The third-order valence-corrected chi connectivity index (χ3v) is 7.62. The molecule has 0 spiro atoms. The minimum absolute atomic E-state index is 0.0320. The van der Waals surface area contributed by atoms with Gasteiger partial charge in [-0.25, -0.2) is 9.07 Å². The van der Waals surface area contributed by atoms with Crippen molar-refractivity contribution >= 4 is 11.8 Å². The van der Waals surface area contributed by atoms with Gasteiger partial charge in [-0.1, -0.05) is 24.3 Å². The highest BCUT2D eigenvalue weighted by Crippen LogP contribution is 2.39. The van der Waals surface area contributed by atoms with Crippen molar-refractivity contribution in [3.05, 3.63) is 117 Å². The van der Waals surface area contributed by atoms with Crippen molar-refractivity contribution in [1.29, 1.82) is 0 Å². The first kappa shape index (κ1) is 28.1. The summed E-state index contributed by atoms with van der Waals surface area (Å²) in [5.74, 6) is 0.176. The fourth-order valence-electron chi connectivity index (χ4n) is 5.55. The second-order valence-corrected chi connectivity index (χ2v) is 10.7. The first-order valence-corrected chi connectivity index (χ1v) is 14.3. The van der Waals surface area contributed by atoms with Gasteiger partial charge in [0.25, 0.3) is 5.56 Å². The van der Waals surface area contributed by atoms with E-state index in [-0.39, 0.29) is 36.1 Å². The van der Waals surface area contributed by atoms with Crippen LogP contribution in [0, 0.1) is 12.7 Å². The van der Waals surface area contributed by atoms with Gasteiger partial charge in [0.1, 0.15) is 18.0 Å². The Labute approximate surface area is 247 Å². The standard InChI is InChI=1S/C33H31FN4O5/c1-21-6-11-31(40)38(36-21)20-32(41)37-14-12-23-18-26-8-9-27(23)33(37)24-4-2-5-25(19-24)42-15-3-13-35-30(39)17-22-7-10-28(34)29(16-22)43-26/h2,4-11,16,18-19,33H,3,12-15,17,20H2,1H3,(H,35,39). The molecule has 3 aliphatic heterocycles. The van der Waals surface area contributed by atoms with Crippen molar-refractivity contribution in [3.63, 3.8) is 0 Å². The lowest BCUT2D eigenvalue weighted by molar-refractivity contribution is -0.134. The van der Waals surface area contributed by atoms with E-state index < -0.39 is 11.9 Å². The predicted molar refractivity (Wildman–Crippen MR) is 157 cm³/mol. The summed E-state index contributed by atoms with van der Waals surface area (Å²) in [6.07, 6.45) is 1.22. The third kappa shape index (κ3) is 6.28. The summed E-state index contributed by atoms with van der Waals surface area (Å²) < 4.78 is 27.9. The molecule has 43 heavy (non-hydrogen) atoms. The normalized spacial score (nSPS) is 16.7. The summed E-state index contributed by atoms with van der Waals surface area (Å²) >= 11 is 0. The highest BCUT2D eigenvalue weighted by Gasteiger charge is 2.33. The number of halogens is 1. The smallest absolute Gasteiger partial charge is 0.267 e. The van der Waals surface area contributed by atoms with E-state index in [9.17, 15) is 18.8 Å². The first-order chi connectivity index (χ1) is 20.8. The fourth-order valence-corrected chi connectivity index (χ4v) is 5.55. The highest BCUT2D eigenvalue weighted by atomic mass is 19.1. The Kier molecular flexibility index (Phi) is 7.91. The van der Waals surface area contributed by atoms with Crippen LogP contribution in [0.15, 0.2) is 77.6 Å². The number of benzene rings is 3. The van der Waals surface area contributed by atoms with Crippen molar-refractivity contribution in [2.75, 3.05) is 19.7 Å². The average molecular weight is 583 g/mol. The van der Waals surface area contributed by atoms with Gasteiger partial charge in [0.15, 0.2) is 11.6 Å². The molecular formula is C33H31FN4O5. The molecule has 1 unspecified atom stereocenters. The lowest BCUT2D eigenvalue weighted by Crippen LogP contribution is -2.43. The van der Waals surface area contributed by atoms with Gasteiger partial charge < -0.3 is 19.7 Å². The molecule has 0 saturated carbocycles. The molecule has 3 aliphatic rings. The summed E-state index contributed by atoms with van der Waals surface area (Å²) in [4.78, 5) is 40.4. The Morgan fingerprint density at radius 3 is 2.81 bits per heavy atom.